The Balaban J connectivity index is 1.38. The molecule has 0 aliphatic carbocycles. The van der Waals surface area contributed by atoms with E-state index in [1.807, 2.05) is 29.8 Å². The molecule has 3 aromatic rings. The maximum atomic E-state index is 13.5. The van der Waals surface area contributed by atoms with Crippen LogP contribution >= 0.6 is 11.8 Å². The summed E-state index contributed by atoms with van der Waals surface area (Å²) in [7, 11) is -1.82. The van der Waals surface area contributed by atoms with Gasteiger partial charge in [0.2, 0.25) is 10.0 Å². The van der Waals surface area contributed by atoms with Crippen molar-refractivity contribution in [1.29, 1.82) is 0 Å². The first kappa shape index (κ1) is 21.3. The molecule has 1 atom stereocenters. The SMILES string of the molecule is Cn1c(SCc2ccccc2)nnc1C1CCCN1S(=O)(=O)c1ccc2c(c1)OCCO2. The monoisotopic (exact) mass is 472 g/mol. The van der Waals surface area contributed by atoms with Crippen molar-refractivity contribution in [2.75, 3.05) is 19.8 Å². The number of hydrogen-bond donors (Lipinski definition) is 0. The lowest BCUT2D eigenvalue weighted by molar-refractivity contribution is 0.171. The second-order valence-corrected chi connectivity index (χ2v) is 10.6. The Morgan fingerprint density at radius 3 is 2.66 bits per heavy atom. The van der Waals surface area contributed by atoms with E-state index < -0.39 is 10.0 Å². The van der Waals surface area contributed by atoms with E-state index in [1.165, 1.54) is 9.87 Å². The summed E-state index contributed by atoms with van der Waals surface area (Å²) in [6.45, 7) is 1.32. The smallest absolute Gasteiger partial charge is 0.243 e. The Bertz CT molecular complexity index is 1210. The maximum Gasteiger partial charge on any atom is 0.243 e. The van der Waals surface area contributed by atoms with Gasteiger partial charge in [0.1, 0.15) is 13.2 Å². The van der Waals surface area contributed by atoms with Crippen LogP contribution in [0.2, 0.25) is 0 Å². The molecule has 2 aromatic carbocycles. The minimum Gasteiger partial charge on any atom is -0.486 e. The molecule has 32 heavy (non-hydrogen) atoms. The molecule has 1 saturated heterocycles. The van der Waals surface area contributed by atoms with Crippen LogP contribution in [0.3, 0.4) is 0 Å². The average Bonchev–Trinajstić information content (AvgIpc) is 3.45. The van der Waals surface area contributed by atoms with Crippen molar-refractivity contribution in [2.24, 2.45) is 7.05 Å². The summed E-state index contributed by atoms with van der Waals surface area (Å²) in [6.07, 6.45) is 1.48. The van der Waals surface area contributed by atoms with Gasteiger partial charge in [-0.3, -0.25) is 0 Å². The predicted molar refractivity (Wildman–Crippen MR) is 120 cm³/mol. The van der Waals surface area contributed by atoms with Crippen LogP contribution in [-0.4, -0.2) is 47.2 Å². The van der Waals surface area contributed by atoms with Crippen LogP contribution < -0.4 is 9.47 Å². The Kier molecular flexibility index (Phi) is 5.83. The largest absolute Gasteiger partial charge is 0.486 e. The standard InChI is InChI=1S/C22H24N4O4S2/c1-25-21(23-24-22(25)31-15-16-6-3-2-4-7-16)18-8-5-11-26(18)32(27,28)17-9-10-19-20(14-17)30-13-12-29-19/h2-4,6-7,9-10,14,18H,5,8,11-13,15H2,1H3. The number of rotatable bonds is 6. The van der Waals surface area contributed by atoms with Gasteiger partial charge >= 0.3 is 0 Å². The average molecular weight is 473 g/mol. The van der Waals surface area contributed by atoms with Crippen LogP contribution in [0, 0.1) is 0 Å². The van der Waals surface area contributed by atoms with Gasteiger partial charge in [-0.2, -0.15) is 4.31 Å². The van der Waals surface area contributed by atoms with Gasteiger partial charge in [0, 0.05) is 25.4 Å². The number of thioether (sulfide) groups is 1. The Morgan fingerprint density at radius 2 is 1.84 bits per heavy atom. The first-order chi connectivity index (χ1) is 15.5. The van der Waals surface area contributed by atoms with Crippen LogP contribution in [0.5, 0.6) is 11.5 Å². The number of fused-ring (bicyclic) bond motifs is 1. The fourth-order valence-electron chi connectivity index (χ4n) is 4.07. The molecule has 3 heterocycles. The third kappa shape index (κ3) is 3.98. The number of aromatic nitrogens is 3. The zero-order valence-corrected chi connectivity index (χ0v) is 19.3. The van der Waals surface area contributed by atoms with Crippen molar-refractivity contribution in [1.82, 2.24) is 19.1 Å². The summed E-state index contributed by atoms with van der Waals surface area (Å²) >= 11 is 1.59. The molecule has 0 spiro atoms. The van der Waals surface area contributed by atoms with Crippen molar-refractivity contribution in [3.8, 4) is 11.5 Å². The summed E-state index contributed by atoms with van der Waals surface area (Å²) in [5, 5.41) is 9.49. The molecule has 1 fully saturated rings. The molecule has 0 radical (unpaired) electrons. The second-order valence-electron chi connectivity index (χ2n) is 7.75. The van der Waals surface area contributed by atoms with Gasteiger partial charge in [0.15, 0.2) is 22.5 Å². The molecule has 1 unspecified atom stereocenters. The molecule has 1 aromatic heterocycles. The maximum absolute atomic E-state index is 13.5. The molecule has 5 rings (SSSR count). The summed E-state index contributed by atoms with van der Waals surface area (Å²) in [5.41, 5.74) is 1.20. The summed E-state index contributed by atoms with van der Waals surface area (Å²) in [5.74, 6) is 2.48. The van der Waals surface area contributed by atoms with E-state index in [0.29, 0.717) is 43.5 Å². The van der Waals surface area contributed by atoms with E-state index in [0.717, 1.165) is 17.3 Å². The third-order valence-electron chi connectivity index (χ3n) is 5.70. The molecule has 0 saturated carbocycles. The fourth-order valence-corrected chi connectivity index (χ4v) is 6.61. The van der Waals surface area contributed by atoms with Crippen molar-refractivity contribution in [2.45, 2.75) is 34.7 Å². The number of nitrogens with zero attached hydrogens (tertiary/aromatic N) is 4. The molecule has 168 valence electrons. The van der Waals surface area contributed by atoms with Crippen LogP contribution in [0.4, 0.5) is 0 Å². The van der Waals surface area contributed by atoms with Crippen LogP contribution in [0.15, 0.2) is 58.6 Å². The van der Waals surface area contributed by atoms with Gasteiger partial charge in [0.25, 0.3) is 0 Å². The zero-order valence-electron chi connectivity index (χ0n) is 17.7. The summed E-state index contributed by atoms with van der Waals surface area (Å²) < 4.78 is 41.6. The van der Waals surface area contributed by atoms with Gasteiger partial charge < -0.3 is 14.0 Å². The molecule has 10 heteroatoms. The van der Waals surface area contributed by atoms with E-state index in [9.17, 15) is 8.42 Å². The van der Waals surface area contributed by atoms with Crippen LogP contribution in [0.1, 0.15) is 30.3 Å². The third-order valence-corrected chi connectivity index (χ3v) is 8.70. The summed E-state index contributed by atoms with van der Waals surface area (Å²) in [4.78, 5) is 0.203. The van der Waals surface area contributed by atoms with Crippen molar-refractivity contribution < 1.29 is 17.9 Å². The lowest BCUT2D eigenvalue weighted by atomic mass is 10.2. The predicted octanol–water partition coefficient (Wildman–Crippen LogP) is 3.40. The minimum atomic E-state index is -3.72. The van der Waals surface area contributed by atoms with Crippen molar-refractivity contribution >= 4 is 21.8 Å². The normalized spacial score (nSPS) is 18.7. The van der Waals surface area contributed by atoms with Gasteiger partial charge in [-0.15, -0.1) is 10.2 Å². The molecule has 0 amide bonds. The Morgan fingerprint density at radius 1 is 1.06 bits per heavy atom. The topological polar surface area (TPSA) is 86.6 Å². The highest BCUT2D eigenvalue weighted by atomic mass is 32.2. The molecule has 0 N–H and O–H groups in total. The molecular formula is C22H24N4O4S2. The first-order valence-corrected chi connectivity index (χ1v) is 12.9. The number of hydrogen-bond acceptors (Lipinski definition) is 7. The Labute approximate surface area is 191 Å². The van der Waals surface area contributed by atoms with Crippen molar-refractivity contribution in [3.63, 3.8) is 0 Å². The van der Waals surface area contributed by atoms with E-state index >= 15 is 0 Å². The highest BCUT2D eigenvalue weighted by molar-refractivity contribution is 7.98. The molecular weight excluding hydrogens is 448 g/mol. The first-order valence-electron chi connectivity index (χ1n) is 10.5. The number of sulfonamides is 1. The Hall–Kier alpha value is -2.56. The van der Waals surface area contributed by atoms with E-state index in [2.05, 4.69) is 22.3 Å². The molecule has 8 nitrogen and oxygen atoms in total. The van der Waals surface area contributed by atoms with Gasteiger partial charge in [-0.05, 0) is 30.5 Å². The van der Waals surface area contributed by atoms with E-state index in [4.69, 9.17) is 9.47 Å². The quantitative estimate of drug-likeness (QED) is 0.508. The van der Waals surface area contributed by atoms with Gasteiger partial charge in [-0.1, -0.05) is 42.1 Å². The molecule has 2 aliphatic rings. The highest BCUT2D eigenvalue weighted by Gasteiger charge is 2.39. The van der Waals surface area contributed by atoms with Crippen molar-refractivity contribution in [3.05, 3.63) is 59.9 Å². The summed E-state index contributed by atoms with van der Waals surface area (Å²) in [6, 6.07) is 14.6. The minimum absolute atomic E-state index is 0.203. The molecule has 2 aliphatic heterocycles. The second kappa shape index (κ2) is 8.76. The zero-order chi connectivity index (χ0) is 22.1. The van der Waals surface area contributed by atoms with Gasteiger partial charge in [0.05, 0.1) is 10.9 Å². The van der Waals surface area contributed by atoms with Gasteiger partial charge in [-0.25, -0.2) is 8.42 Å². The lowest BCUT2D eigenvalue weighted by Gasteiger charge is -2.24. The number of benzene rings is 2. The number of ether oxygens (including phenoxy) is 2. The molecule has 0 bridgehead atoms. The highest BCUT2D eigenvalue weighted by Crippen LogP contribution is 2.39. The van der Waals surface area contributed by atoms with E-state index in [-0.39, 0.29) is 10.9 Å². The van der Waals surface area contributed by atoms with Crippen LogP contribution in [-0.2, 0) is 22.8 Å². The fraction of sp³-hybridized carbons (Fsp3) is 0.364. The van der Waals surface area contributed by atoms with Crippen LogP contribution in [0.25, 0.3) is 0 Å². The lowest BCUT2D eigenvalue weighted by Crippen LogP contribution is -2.32. The van der Waals surface area contributed by atoms with E-state index in [1.54, 1.807) is 30.0 Å².